The monoisotopic (exact) mass is 411 g/mol. The van der Waals surface area contributed by atoms with E-state index in [0.717, 1.165) is 16.5 Å². The number of fused-ring (bicyclic) bond motifs is 1. The van der Waals surface area contributed by atoms with E-state index in [2.05, 4.69) is 16.4 Å². The Morgan fingerprint density at radius 3 is 2.68 bits per heavy atom. The number of hydrogen-bond donors (Lipinski definition) is 1. The minimum atomic E-state index is -0.734. The molecule has 3 aromatic rings. The molecule has 4 rings (SSSR count). The molecule has 1 aromatic heterocycles. The molecular formula is C24H17N3O4. The van der Waals surface area contributed by atoms with Crippen molar-refractivity contribution in [3.05, 3.63) is 83.7 Å². The van der Waals surface area contributed by atoms with Crippen LogP contribution in [0.5, 0.6) is 11.5 Å². The number of para-hydroxylation sites is 1. The summed E-state index contributed by atoms with van der Waals surface area (Å²) in [6.07, 6.45) is 4.31. The van der Waals surface area contributed by atoms with Crippen LogP contribution in [0.2, 0.25) is 0 Å². The molecule has 1 aliphatic rings. The molecule has 0 unspecified atom stereocenters. The Balaban J connectivity index is 1.62. The van der Waals surface area contributed by atoms with Gasteiger partial charge in [-0.15, -0.1) is 0 Å². The predicted molar refractivity (Wildman–Crippen MR) is 114 cm³/mol. The molecule has 0 saturated carbocycles. The van der Waals surface area contributed by atoms with E-state index in [1.54, 1.807) is 60.8 Å². The van der Waals surface area contributed by atoms with E-state index in [4.69, 9.17) is 9.47 Å². The van der Waals surface area contributed by atoms with Gasteiger partial charge in [0.1, 0.15) is 17.6 Å². The third kappa shape index (κ3) is 4.14. The zero-order valence-corrected chi connectivity index (χ0v) is 16.6. The molecule has 0 atom stereocenters. The maximum absolute atomic E-state index is 12.7. The van der Waals surface area contributed by atoms with Crippen molar-refractivity contribution >= 4 is 28.4 Å². The molecular weight excluding hydrogens is 394 g/mol. The number of carbonyl (C=O) groups excluding carboxylic acids is 2. The summed E-state index contributed by atoms with van der Waals surface area (Å²) in [7, 11) is 1.50. The van der Waals surface area contributed by atoms with Crippen LogP contribution in [0, 0.1) is 11.3 Å². The highest BCUT2D eigenvalue weighted by atomic mass is 16.6. The van der Waals surface area contributed by atoms with Crippen molar-refractivity contribution in [2.24, 2.45) is 0 Å². The summed E-state index contributed by atoms with van der Waals surface area (Å²) in [6, 6.07) is 15.9. The fourth-order valence-corrected chi connectivity index (χ4v) is 3.34. The van der Waals surface area contributed by atoms with E-state index in [0.29, 0.717) is 22.6 Å². The first-order valence-electron chi connectivity index (χ1n) is 9.44. The minimum Gasteiger partial charge on any atom is -0.495 e. The minimum absolute atomic E-state index is 0.0878. The van der Waals surface area contributed by atoms with Gasteiger partial charge in [-0.05, 0) is 41.5 Å². The summed E-state index contributed by atoms with van der Waals surface area (Å²) in [5.41, 5.74) is 2.74. The highest BCUT2D eigenvalue weighted by Gasteiger charge is 2.21. The quantitative estimate of drug-likeness (QED) is 0.692. The van der Waals surface area contributed by atoms with Crippen molar-refractivity contribution in [1.82, 2.24) is 10.3 Å². The summed E-state index contributed by atoms with van der Waals surface area (Å²) in [6.45, 7) is 0. The number of amides is 1. The maximum atomic E-state index is 12.7. The molecule has 0 saturated heterocycles. The number of nitrogens with one attached hydrogen (secondary N) is 1. The van der Waals surface area contributed by atoms with Gasteiger partial charge >= 0.3 is 6.09 Å². The standard InChI is InChI=1S/C24H17N3O4/c1-30-23-13-21-19(11-16(23)14-25)18(9-10-26-21)15-7-8-20(22(28)12-15)27-24(29)31-17-5-3-2-4-6-17/h2-11,13H,12H2,1H3,(H,27,29). The molecule has 1 aliphatic carbocycles. The zero-order chi connectivity index (χ0) is 21.8. The number of benzene rings is 2. The van der Waals surface area contributed by atoms with Crippen molar-refractivity contribution in [3.8, 4) is 17.6 Å². The second-order valence-electron chi connectivity index (χ2n) is 6.74. The van der Waals surface area contributed by atoms with Crippen LogP contribution in [0.25, 0.3) is 16.5 Å². The number of Topliss-reactive ketones (excluding diaryl/α,β-unsaturated/α-hetero) is 1. The van der Waals surface area contributed by atoms with Crippen molar-refractivity contribution in [2.75, 3.05) is 7.11 Å². The zero-order valence-electron chi connectivity index (χ0n) is 16.6. The van der Waals surface area contributed by atoms with Gasteiger partial charge in [0, 0.05) is 24.1 Å². The Morgan fingerprint density at radius 1 is 1.16 bits per heavy atom. The summed E-state index contributed by atoms with van der Waals surface area (Å²) in [4.78, 5) is 29.1. The Kier molecular flexibility index (Phi) is 5.45. The molecule has 0 bridgehead atoms. The van der Waals surface area contributed by atoms with Gasteiger partial charge in [-0.3, -0.25) is 15.1 Å². The first-order chi connectivity index (χ1) is 15.1. The fraction of sp³-hybridized carbons (Fsp3) is 0.0833. The van der Waals surface area contributed by atoms with Crippen LogP contribution in [0.15, 0.2) is 72.6 Å². The Morgan fingerprint density at radius 2 is 1.97 bits per heavy atom. The van der Waals surface area contributed by atoms with E-state index < -0.39 is 6.09 Å². The van der Waals surface area contributed by atoms with Gasteiger partial charge in [0.15, 0.2) is 5.78 Å². The van der Waals surface area contributed by atoms with E-state index in [1.807, 2.05) is 6.07 Å². The number of pyridine rings is 1. The number of ketones is 1. The van der Waals surface area contributed by atoms with Gasteiger partial charge in [-0.25, -0.2) is 4.79 Å². The van der Waals surface area contributed by atoms with E-state index >= 15 is 0 Å². The first kappa shape index (κ1) is 19.9. The molecule has 1 amide bonds. The summed E-state index contributed by atoms with van der Waals surface area (Å²) < 4.78 is 10.4. The molecule has 0 aliphatic heterocycles. The Bertz CT molecular complexity index is 1290. The Labute approximate surface area is 178 Å². The summed E-state index contributed by atoms with van der Waals surface area (Å²) in [5.74, 6) is 0.574. The number of rotatable bonds is 4. The van der Waals surface area contributed by atoms with Gasteiger partial charge < -0.3 is 9.47 Å². The van der Waals surface area contributed by atoms with Crippen LogP contribution in [-0.4, -0.2) is 24.0 Å². The van der Waals surface area contributed by atoms with Gasteiger partial charge in [0.05, 0.1) is 23.9 Å². The number of hydrogen-bond acceptors (Lipinski definition) is 6. The normalized spacial score (nSPS) is 13.1. The van der Waals surface area contributed by atoms with Crippen LogP contribution in [-0.2, 0) is 4.79 Å². The van der Waals surface area contributed by atoms with Crippen molar-refractivity contribution in [3.63, 3.8) is 0 Å². The molecule has 31 heavy (non-hydrogen) atoms. The summed E-state index contributed by atoms with van der Waals surface area (Å²) >= 11 is 0. The largest absolute Gasteiger partial charge is 0.495 e. The average molecular weight is 411 g/mol. The molecule has 0 spiro atoms. The number of ether oxygens (including phenoxy) is 2. The number of aromatic nitrogens is 1. The second-order valence-corrected chi connectivity index (χ2v) is 6.74. The van der Waals surface area contributed by atoms with Crippen LogP contribution in [0.3, 0.4) is 0 Å². The van der Waals surface area contributed by atoms with Crippen molar-refractivity contribution in [1.29, 1.82) is 5.26 Å². The van der Waals surface area contributed by atoms with Gasteiger partial charge in [0.2, 0.25) is 0 Å². The predicted octanol–water partition coefficient (Wildman–Crippen LogP) is 4.14. The molecule has 152 valence electrons. The number of nitriles is 1. The van der Waals surface area contributed by atoms with Gasteiger partial charge in [0.25, 0.3) is 0 Å². The highest BCUT2D eigenvalue weighted by molar-refractivity contribution is 6.08. The number of nitrogens with zero attached hydrogens (tertiary/aromatic N) is 2. The smallest absolute Gasteiger partial charge is 0.417 e. The molecule has 0 radical (unpaired) electrons. The lowest BCUT2D eigenvalue weighted by Crippen LogP contribution is -2.31. The van der Waals surface area contributed by atoms with Crippen LogP contribution < -0.4 is 14.8 Å². The van der Waals surface area contributed by atoms with E-state index in [1.165, 1.54) is 7.11 Å². The lowest BCUT2D eigenvalue weighted by Gasteiger charge is -2.16. The topological polar surface area (TPSA) is 101 Å². The first-order valence-corrected chi connectivity index (χ1v) is 9.44. The third-order valence-electron chi connectivity index (χ3n) is 4.82. The van der Waals surface area contributed by atoms with Gasteiger partial charge in [-0.1, -0.05) is 24.3 Å². The van der Waals surface area contributed by atoms with Crippen LogP contribution in [0.4, 0.5) is 4.79 Å². The van der Waals surface area contributed by atoms with Crippen LogP contribution in [0.1, 0.15) is 17.5 Å². The number of carbonyl (C=O) groups is 2. The molecule has 2 aromatic carbocycles. The summed E-state index contributed by atoms with van der Waals surface area (Å²) in [5, 5.41) is 12.6. The molecule has 0 fully saturated rings. The van der Waals surface area contributed by atoms with Crippen molar-refractivity contribution < 1.29 is 19.1 Å². The SMILES string of the molecule is COc1cc2nccc(C3=CC=C(NC(=O)Oc4ccccc4)C(=O)C3)c2cc1C#N. The van der Waals surface area contributed by atoms with Crippen molar-refractivity contribution in [2.45, 2.75) is 6.42 Å². The van der Waals surface area contributed by atoms with E-state index in [9.17, 15) is 14.9 Å². The molecule has 7 heteroatoms. The fourth-order valence-electron chi connectivity index (χ4n) is 3.34. The average Bonchev–Trinajstić information content (AvgIpc) is 2.79. The second kappa shape index (κ2) is 8.51. The lowest BCUT2D eigenvalue weighted by atomic mass is 9.92. The van der Waals surface area contributed by atoms with Crippen LogP contribution >= 0.6 is 0 Å². The van der Waals surface area contributed by atoms with E-state index in [-0.39, 0.29) is 17.9 Å². The molecule has 7 nitrogen and oxygen atoms in total. The molecule has 1 heterocycles. The number of allylic oxidation sites excluding steroid dienone is 4. The third-order valence-corrected chi connectivity index (χ3v) is 4.82. The highest BCUT2D eigenvalue weighted by Crippen LogP contribution is 2.32. The van der Waals surface area contributed by atoms with Gasteiger partial charge in [-0.2, -0.15) is 5.26 Å². The maximum Gasteiger partial charge on any atom is 0.417 e. The Hall–Kier alpha value is -4.44. The lowest BCUT2D eigenvalue weighted by molar-refractivity contribution is -0.115. The molecule has 1 N–H and O–H groups in total. The number of methoxy groups -OCH3 is 1.